The number of aryl methyl sites for hydroxylation is 2. The highest BCUT2D eigenvalue weighted by atomic mass is 16.6. The molecule has 18 heteroatoms. The van der Waals surface area contributed by atoms with Gasteiger partial charge < -0.3 is 52.6 Å². The van der Waals surface area contributed by atoms with Crippen LogP contribution in [0.4, 0.5) is 9.59 Å². The van der Waals surface area contributed by atoms with E-state index in [1.807, 2.05) is 6.07 Å². The molecule has 308 valence electrons. The van der Waals surface area contributed by atoms with Crippen LogP contribution in [0.1, 0.15) is 68.2 Å². The first-order valence-electron chi connectivity index (χ1n) is 18.6. The van der Waals surface area contributed by atoms with E-state index in [-0.39, 0.29) is 63.6 Å². The predicted octanol–water partition coefficient (Wildman–Crippen LogP) is 1.03. The fourth-order valence-corrected chi connectivity index (χ4v) is 5.77. The molecule has 56 heavy (non-hydrogen) atoms. The molecule has 0 unspecified atom stereocenters. The molecule has 0 heterocycles. The first kappa shape index (κ1) is 46.2. The average Bonchev–Trinajstić information content (AvgIpc) is 3.13. The van der Waals surface area contributed by atoms with Gasteiger partial charge in [0.1, 0.15) is 29.9 Å². The highest BCUT2D eigenvalue weighted by Crippen LogP contribution is 2.22. The van der Waals surface area contributed by atoms with Gasteiger partial charge in [0.25, 0.3) is 0 Å². The summed E-state index contributed by atoms with van der Waals surface area (Å²) in [4.78, 5) is 78.3. The van der Waals surface area contributed by atoms with Gasteiger partial charge in [-0.15, -0.1) is 0 Å². The number of hydrogen-bond acceptors (Lipinski definition) is 11. The van der Waals surface area contributed by atoms with Gasteiger partial charge in [-0.1, -0.05) is 30.3 Å². The van der Waals surface area contributed by atoms with Gasteiger partial charge in [0, 0.05) is 19.4 Å². The molecule has 6 amide bonds. The summed E-state index contributed by atoms with van der Waals surface area (Å²) in [6.07, 6.45) is -0.227. The number of phenolic OH excluding ortho intramolecular Hbond substituents is 1. The first-order chi connectivity index (χ1) is 26.7. The smallest absolute Gasteiger partial charge is 0.413 e. The van der Waals surface area contributed by atoms with Crippen molar-refractivity contribution in [2.75, 3.05) is 26.3 Å². The quantitative estimate of drug-likeness (QED) is 0.0457. The fourth-order valence-electron chi connectivity index (χ4n) is 5.77. The van der Waals surface area contributed by atoms with Crippen molar-refractivity contribution in [2.45, 2.75) is 96.8 Å². The van der Waals surface area contributed by atoms with Crippen molar-refractivity contribution in [1.82, 2.24) is 31.9 Å². The number of ether oxygens (including phenoxy) is 2. The minimum Gasteiger partial charge on any atom is -0.508 e. The highest BCUT2D eigenvalue weighted by Gasteiger charge is 2.32. The lowest BCUT2D eigenvalue weighted by atomic mass is 9.95. The van der Waals surface area contributed by atoms with E-state index in [9.17, 15) is 33.9 Å². The third kappa shape index (κ3) is 16.6. The number of aromatic hydroxyl groups is 1. The molecule has 2 aromatic carbocycles. The van der Waals surface area contributed by atoms with Crippen LogP contribution in [0.3, 0.4) is 0 Å². The van der Waals surface area contributed by atoms with Crippen LogP contribution in [0.15, 0.2) is 42.5 Å². The Hall–Kier alpha value is -5.91. The molecule has 0 saturated heterocycles. The molecule has 0 bridgehead atoms. The van der Waals surface area contributed by atoms with E-state index in [1.165, 1.54) is 12.1 Å². The molecule has 0 saturated carbocycles. The number of carbonyl (C=O) groups excluding carboxylic acids is 6. The van der Waals surface area contributed by atoms with Crippen molar-refractivity contribution in [3.05, 3.63) is 64.7 Å². The van der Waals surface area contributed by atoms with Gasteiger partial charge in [-0.2, -0.15) is 0 Å². The second-order valence-electron chi connectivity index (χ2n) is 13.0. The fraction of sp³-hybridized carbons (Fsp3) is 0.500. The summed E-state index contributed by atoms with van der Waals surface area (Å²) in [6, 6.07) is 7.28. The van der Waals surface area contributed by atoms with Crippen LogP contribution in [0, 0.1) is 19.3 Å². The van der Waals surface area contributed by atoms with Crippen LogP contribution in [0.25, 0.3) is 0 Å². The van der Waals surface area contributed by atoms with Gasteiger partial charge >= 0.3 is 12.2 Å². The van der Waals surface area contributed by atoms with E-state index in [2.05, 4.69) is 31.9 Å². The maximum absolute atomic E-state index is 14.2. The Labute approximate surface area is 327 Å². The molecule has 0 aromatic heterocycles. The molecule has 12 N–H and O–H groups in total. The minimum atomic E-state index is -1.29. The zero-order valence-electron chi connectivity index (χ0n) is 32.5. The van der Waals surface area contributed by atoms with Crippen LogP contribution >= 0.6 is 0 Å². The third-order valence-corrected chi connectivity index (χ3v) is 8.60. The molecule has 2 rings (SSSR count). The van der Waals surface area contributed by atoms with Crippen molar-refractivity contribution in [1.29, 1.82) is 5.41 Å². The molecule has 0 fully saturated rings. The van der Waals surface area contributed by atoms with Crippen LogP contribution in [0.5, 0.6) is 5.75 Å². The number of rotatable bonds is 22. The van der Waals surface area contributed by atoms with Crippen LogP contribution < -0.4 is 43.4 Å². The predicted molar refractivity (Wildman–Crippen MR) is 208 cm³/mol. The van der Waals surface area contributed by atoms with E-state index in [1.54, 1.807) is 52.0 Å². The summed E-state index contributed by atoms with van der Waals surface area (Å²) >= 11 is 0. The highest BCUT2D eigenvalue weighted by molar-refractivity contribution is 5.95. The molecule has 0 radical (unpaired) electrons. The maximum atomic E-state index is 14.2. The number of hydrogen-bond donors (Lipinski definition) is 10. The topological polar surface area (TPSA) is 289 Å². The Morgan fingerprint density at radius 2 is 1.27 bits per heavy atom. The van der Waals surface area contributed by atoms with Gasteiger partial charge in [-0.25, -0.2) is 9.59 Å². The molecule has 4 atom stereocenters. The van der Waals surface area contributed by atoms with Crippen molar-refractivity contribution in [3.8, 4) is 5.75 Å². The van der Waals surface area contributed by atoms with Gasteiger partial charge in [0.05, 0.1) is 13.2 Å². The Morgan fingerprint density at radius 3 is 1.86 bits per heavy atom. The lowest BCUT2D eigenvalue weighted by Crippen LogP contribution is -2.58. The summed E-state index contributed by atoms with van der Waals surface area (Å²) in [5, 5.41) is 33.6. The number of phenols is 1. The van der Waals surface area contributed by atoms with Crippen molar-refractivity contribution in [3.63, 3.8) is 0 Å². The van der Waals surface area contributed by atoms with Crippen LogP contribution in [-0.2, 0) is 41.5 Å². The number of unbranched alkanes of at least 4 members (excludes halogenated alkanes) is 1. The SMILES string of the molecule is CCOC(=O)NC(=N)NCCC[C@@H](NC(=O)OCC)C(=O)N[C@@H](Cc1c(C)cc(O)cc1C)C(=O)N[C@@H](CCCCN)C(=O)N[C@@H](Cc1ccccc1)C(N)=O. The Bertz CT molecular complexity index is 1620. The van der Waals surface area contributed by atoms with Crippen LogP contribution in [0.2, 0.25) is 0 Å². The Balaban J connectivity index is 2.37. The largest absolute Gasteiger partial charge is 0.508 e. The number of benzene rings is 2. The van der Waals surface area contributed by atoms with E-state index < -0.39 is 60.0 Å². The summed E-state index contributed by atoms with van der Waals surface area (Å²) < 4.78 is 9.75. The van der Waals surface area contributed by atoms with E-state index in [4.69, 9.17) is 26.4 Å². The minimum absolute atomic E-state index is 0.0165. The first-order valence-corrected chi connectivity index (χ1v) is 18.6. The van der Waals surface area contributed by atoms with Gasteiger partial charge in [-0.3, -0.25) is 29.9 Å². The van der Waals surface area contributed by atoms with E-state index in [0.717, 1.165) is 5.56 Å². The van der Waals surface area contributed by atoms with Crippen molar-refractivity contribution < 1.29 is 43.3 Å². The normalized spacial score (nSPS) is 12.8. The number of amides is 6. The zero-order valence-corrected chi connectivity index (χ0v) is 32.5. The Kier molecular flexibility index (Phi) is 20.2. The average molecular weight is 784 g/mol. The summed E-state index contributed by atoms with van der Waals surface area (Å²) in [5.74, 6) is -3.21. The molecule has 0 aliphatic carbocycles. The summed E-state index contributed by atoms with van der Waals surface area (Å²) in [6.45, 7) is 7.29. The lowest BCUT2D eigenvalue weighted by molar-refractivity contribution is -0.133. The van der Waals surface area contributed by atoms with Gasteiger partial charge in [0.15, 0.2) is 5.96 Å². The van der Waals surface area contributed by atoms with E-state index >= 15 is 0 Å². The number of guanidine groups is 1. The second-order valence-corrected chi connectivity index (χ2v) is 13.0. The maximum Gasteiger partial charge on any atom is 0.413 e. The number of primary amides is 1. The molecule has 2 aromatic rings. The molecule has 0 aliphatic rings. The summed E-state index contributed by atoms with van der Waals surface area (Å²) in [7, 11) is 0. The van der Waals surface area contributed by atoms with Gasteiger partial charge in [-0.05, 0) is 101 Å². The summed E-state index contributed by atoms with van der Waals surface area (Å²) in [5.41, 5.74) is 14.1. The molecular weight excluding hydrogens is 726 g/mol. The molecule has 0 spiro atoms. The molecular formula is C38H57N9O9. The number of nitrogens with two attached hydrogens (primary N) is 2. The number of carbonyl (C=O) groups is 6. The second kappa shape index (κ2) is 24.5. The Morgan fingerprint density at radius 1 is 0.732 bits per heavy atom. The van der Waals surface area contributed by atoms with Crippen molar-refractivity contribution >= 4 is 41.8 Å². The molecule has 18 nitrogen and oxygen atoms in total. The number of nitrogens with one attached hydrogen (secondary N) is 7. The number of alkyl carbamates (subject to hydrolysis) is 2. The standard InChI is InChI=1S/C38H57N9O9/c1-5-55-37(53)46-29(16-12-18-42-36(41)47-38(54)56-6-2)34(51)45-31(22-27-23(3)19-26(48)20-24(27)4)35(52)43-28(15-10-11-17-39)33(50)44-30(32(40)49)21-25-13-8-7-9-14-25/h7-9,13-14,19-20,28-31,48H,5-6,10-12,15-18,21-22,39H2,1-4H3,(H2,40,49)(H,43,52)(H,44,50)(H,45,51)(H,46,53)(H3,41,42,47,54)/t28-,29+,30-,31-/m0/s1. The third-order valence-electron chi connectivity index (χ3n) is 8.60. The van der Waals surface area contributed by atoms with E-state index in [0.29, 0.717) is 36.1 Å². The zero-order chi connectivity index (χ0) is 41.6. The molecule has 0 aliphatic heterocycles. The van der Waals surface area contributed by atoms with Gasteiger partial charge in [0.2, 0.25) is 23.6 Å². The van der Waals surface area contributed by atoms with Crippen molar-refractivity contribution in [2.24, 2.45) is 11.5 Å². The monoisotopic (exact) mass is 783 g/mol. The van der Waals surface area contributed by atoms with Crippen LogP contribution in [-0.4, -0.2) is 97.4 Å². The lowest BCUT2D eigenvalue weighted by Gasteiger charge is -2.27.